The summed E-state index contributed by atoms with van der Waals surface area (Å²) in [5, 5.41) is 0. The fraction of sp³-hybridized carbons (Fsp3) is 0.636. The van der Waals surface area contributed by atoms with E-state index in [1.165, 1.54) is 0 Å². The molecule has 3 heteroatoms. The van der Waals surface area contributed by atoms with Crippen LogP contribution in [0.15, 0.2) is 12.4 Å². The molecule has 0 amide bonds. The molecule has 0 aliphatic heterocycles. The molecule has 1 aromatic rings. The van der Waals surface area contributed by atoms with Gasteiger partial charge in [0.05, 0.1) is 0 Å². The van der Waals surface area contributed by atoms with Crippen molar-refractivity contribution in [2.75, 3.05) is 0 Å². The highest BCUT2D eigenvalue weighted by Crippen LogP contribution is 2.18. The van der Waals surface area contributed by atoms with Gasteiger partial charge in [-0.1, -0.05) is 20.8 Å². The average molecular weight is 193 g/mol. The van der Waals surface area contributed by atoms with Gasteiger partial charge in [-0.3, -0.25) is 0 Å². The number of rotatable bonds is 3. The second kappa shape index (κ2) is 4.51. The smallest absolute Gasteiger partial charge is 0.115 e. The van der Waals surface area contributed by atoms with Crippen molar-refractivity contribution in [1.29, 1.82) is 0 Å². The Bertz CT molecular complexity index is 294. The van der Waals surface area contributed by atoms with Crippen LogP contribution in [0.4, 0.5) is 0 Å². The molecular weight excluding hydrogens is 174 g/mol. The molecule has 1 rings (SSSR count). The van der Waals surface area contributed by atoms with Gasteiger partial charge in [0.1, 0.15) is 6.33 Å². The Morgan fingerprint density at radius 1 is 1.07 bits per heavy atom. The fourth-order valence-corrected chi connectivity index (χ4v) is 1.22. The number of hydrogen-bond donors (Lipinski definition) is 1. The van der Waals surface area contributed by atoms with Crippen molar-refractivity contribution >= 4 is 0 Å². The Hall–Kier alpha value is -0.960. The first kappa shape index (κ1) is 11.1. The first-order valence-electron chi connectivity index (χ1n) is 5.09. The molecular formula is C11H19N3. The van der Waals surface area contributed by atoms with E-state index in [4.69, 9.17) is 5.73 Å². The maximum Gasteiger partial charge on any atom is 0.115 e. The summed E-state index contributed by atoms with van der Waals surface area (Å²) in [6.45, 7) is 8.35. The van der Waals surface area contributed by atoms with Gasteiger partial charge in [-0.05, 0) is 18.9 Å². The Kier molecular flexibility index (Phi) is 3.58. The highest BCUT2D eigenvalue weighted by molar-refractivity contribution is 5.15. The maximum atomic E-state index is 5.83. The van der Waals surface area contributed by atoms with Crippen molar-refractivity contribution in [3.05, 3.63) is 23.8 Å². The van der Waals surface area contributed by atoms with E-state index in [2.05, 4.69) is 36.8 Å². The van der Waals surface area contributed by atoms with Gasteiger partial charge >= 0.3 is 0 Å². The lowest BCUT2D eigenvalue weighted by Gasteiger charge is -2.15. The molecule has 0 fully saturated rings. The summed E-state index contributed by atoms with van der Waals surface area (Å²) < 4.78 is 0. The zero-order valence-corrected chi connectivity index (χ0v) is 9.36. The molecule has 3 nitrogen and oxygen atoms in total. The molecule has 0 aliphatic rings. The van der Waals surface area contributed by atoms with Crippen LogP contribution in [0, 0.1) is 0 Å². The van der Waals surface area contributed by atoms with E-state index < -0.39 is 0 Å². The topological polar surface area (TPSA) is 51.8 Å². The fourth-order valence-electron chi connectivity index (χ4n) is 1.22. The first-order valence-corrected chi connectivity index (χ1v) is 5.09. The predicted molar refractivity (Wildman–Crippen MR) is 58.2 cm³/mol. The Labute approximate surface area is 85.8 Å². The SMILES string of the molecule is CC(C)c1cc(C(C)C(C)N)ncn1. The van der Waals surface area contributed by atoms with Crippen LogP contribution in [0.1, 0.15) is 50.9 Å². The molecule has 1 heterocycles. The second-order valence-corrected chi connectivity index (χ2v) is 4.17. The first-order chi connectivity index (χ1) is 6.52. The number of nitrogens with two attached hydrogens (primary N) is 1. The van der Waals surface area contributed by atoms with Gasteiger partial charge in [-0.2, -0.15) is 0 Å². The summed E-state index contributed by atoms with van der Waals surface area (Å²) in [5.41, 5.74) is 7.96. The number of hydrogen-bond acceptors (Lipinski definition) is 3. The maximum absolute atomic E-state index is 5.83. The van der Waals surface area contributed by atoms with Crippen molar-refractivity contribution in [2.24, 2.45) is 5.73 Å². The van der Waals surface area contributed by atoms with E-state index in [1.807, 2.05) is 6.92 Å². The Morgan fingerprint density at radius 3 is 2.14 bits per heavy atom. The van der Waals surface area contributed by atoms with E-state index in [9.17, 15) is 0 Å². The minimum atomic E-state index is 0.130. The summed E-state index contributed by atoms with van der Waals surface area (Å²) in [4.78, 5) is 8.48. The van der Waals surface area contributed by atoms with Crippen LogP contribution in [0.25, 0.3) is 0 Å². The zero-order chi connectivity index (χ0) is 10.7. The highest BCUT2D eigenvalue weighted by Gasteiger charge is 2.13. The summed E-state index contributed by atoms with van der Waals surface area (Å²) in [5.74, 6) is 0.729. The van der Waals surface area contributed by atoms with Crippen LogP contribution in [0.5, 0.6) is 0 Å². The van der Waals surface area contributed by atoms with Crippen LogP contribution in [0.2, 0.25) is 0 Å². The lowest BCUT2D eigenvalue weighted by atomic mass is 9.98. The van der Waals surface area contributed by atoms with Gasteiger partial charge in [-0.15, -0.1) is 0 Å². The molecule has 2 N–H and O–H groups in total. The molecule has 0 spiro atoms. The van der Waals surface area contributed by atoms with Gasteiger partial charge < -0.3 is 5.73 Å². The molecule has 0 radical (unpaired) electrons. The quantitative estimate of drug-likeness (QED) is 0.799. The van der Waals surface area contributed by atoms with Crippen LogP contribution >= 0.6 is 0 Å². The van der Waals surface area contributed by atoms with Gasteiger partial charge in [0.25, 0.3) is 0 Å². The third-order valence-electron chi connectivity index (χ3n) is 2.56. The Balaban J connectivity index is 2.93. The molecule has 0 bridgehead atoms. The second-order valence-electron chi connectivity index (χ2n) is 4.17. The third-order valence-corrected chi connectivity index (χ3v) is 2.56. The van der Waals surface area contributed by atoms with Crippen LogP contribution in [-0.2, 0) is 0 Å². The van der Waals surface area contributed by atoms with E-state index in [0.29, 0.717) is 5.92 Å². The molecule has 0 saturated carbocycles. The highest BCUT2D eigenvalue weighted by atomic mass is 14.8. The molecule has 0 saturated heterocycles. The summed E-state index contributed by atoms with van der Waals surface area (Å²) in [7, 11) is 0. The third kappa shape index (κ3) is 2.51. The van der Waals surface area contributed by atoms with Gasteiger partial charge in [0.2, 0.25) is 0 Å². The van der Waals surface area contributed by atoms with Crippen LogP contribution in [-0.4, -0.2) is 16.0 Å². The largest absolute Gasteiger partial charge is 0.327 e. The minimum Gasteiger partial charge on any atom is -0.327 e. The lowest BCUT2D eigenvalue weighted by Crippen LogP contribution is -2.23. The standard InChI is InChI=1S/C11H19N3/c1-7(2)10-5-11(14-6-13-10)8(3)9(4)12/h5-9H,12H2,1-4H3. The molecule has 0 aromatic carbocycles. The average Bonchev–Trinajstić information content (AvgIpc) is 2.16. The molecule has 0 aliphatic carbocycles. The van der Waals surface area contributed by atoms with E-state index in [1.54, 1.807) is 6.33 Å². The number of nitrogens with zero attached hydrogens (tertiary/aromatic N) is 2. The minimum absolute atomic E-state index is 0.130. The molecule has 14 heavy (non-hydrogen) atoms. The van der Waals surface area contributed by atoms with Crippen molar-refractivity contribution in [1.82, 2.24) is 9.97 Å². The Morgan fingerprint density at radius 2 is 1.64 bits per heavy atom. The van der Waals surface area contributed by atoms with Crippen molar-refractivity contribution in [2.45, 2.75) is 45.6 Å². The van der Waals surface area contributed by atoms with Crippen molar-refractivity contribution < 1.29 is 0 Å². The van der Waals surface area contributed by atoms with Gasteiger partial charge in [0.15, 0.2) is 0 Å². The van der Waals surface area contributed by atoms with Crippen LogP contribution < -0.4 is 5.73 Å². The van der Waals surface area contributed by atoms with Gasteiger partial charge in [0, 0.05) is 23.3 Å². The van der Waals surface area contributed by atoms with Crippen LogP contribution in [0.3, 0.4) is 0 Å². The van der Waals surface area contributed by atoms with E-state index in [0.717, 1.165) is 11.4 Å². The van der Waals surface area contributed by atoms with Crippen molar-refractivity contribution in [3.8, 4) is 0 Å². The normalized spacial score (nSPS) is 15.6. The van der Waals surface area contributed by atoms with Crippen molar-refractivity contribution in [3.63, 3.8) is 0 Å². The molecule has 1 aromatic heterocycles. The number of aromatic nitrogens is 2. The molecule has 2 unspecified atom stereocenters. The summed E-state index contributed by atoms with van der Waals surface area (Å²) in [6.07, 6.45) is 1.63. The monoisotopic (exact) mass is 193 g/mol. The molecule has 2 atom stereocenters. The molecule has 78 valence electrons. The summed E-state index contributed by atoms with van der Waals surface area (Å²) >= 11 is 0. The predicted octanol–water partition coefficient (Wildman–Crippen LogP) is 2.05. The van der Waals surface area contributed by atoms with E-state index >= 15 is 0 Å². The van der Waals surface area contributed by atoms with Gasteiger partial charge in [-0.25, -0.2) is 9.97 Å². The lowest BCUT2D eigenvalue weighted by molar-refractivity contribution is 0.594. The zero-order valence-electron chi connectivity index (χ0n) is 9.36. The summed E-state index contributed by atoms with van der Waals surface area (Å²) in [6, 6.07) is 2.18. The van der Waals surface area contributed by atoms with E-state index in [-0.39, 0.29) is 12.0 Å².